The molecule has 5 rings (SSSR count). The molecular weight excluding hydrogens is 581 g/mol. The summed E-state index contributed by atoms with van der Waals surface area (Å²) in [5.41, 5.74) is 15.7. The van der Waals surface area contributed by atoms with Gasteiger partial charge in [0.15, 0.2) is 0 Å². The van der Waals surface area contributed by atoms with Gasteiger partial charge < -0.3 is 9.80 Å². The number of hydrogen-bond acceptors (Lipinski definition) is 2. The summed E-state index contributed by atoms with van der Waals surface area (Å²) in [6.07, 6.45) is 9.17. The number of aryl methyl sites for hydroxylation is 5. The van der Waals surface area contributed by atoms with E-state index < -0.39 is 0 Å². The van der Waals surface area contributed by atoms with Gasteiger partial charge in [-0.3, -0.25) is 0 Å². The first-order valence-corrected chi connectivity index (χ1v) is 17.8. The van der Waals surface area contributed by atoms with Crippen molar-refractivity contribution < 1.29 is 0 Å². The van der Waals surface area contributed by atoms with Gasteiger partial charge in [-0.15, -0.1) is 0 Å². The van der Waals surface area contributed by atoms with Crippen molar-refractivity contribution in [2.75, 3.05) is 9.80 Å². The lowest BCUT2D eigenvalue weighted by Gasteiger charge is -2.38. The van der Waals surface area contributed by atoms with Crippen molar-refractivity contribution in [2.45, 2.75) is 108 Å². The normalized spacial score (nSPS) is 15.7. The number of benzene rings is 4. The molecule has 0 aliphatic heterocycles. The molecule has 0 amide bonds. The van der Waals surface area contributed by atoms with Crippen LogP contribution in [-0.2, 0) is 0 Å². The van der Waals surface area contributed by atoms with E-state index in [2.05, 4.69) is 190 Å². The Balaban J connectivity index is 1.65. The Morgan fingerprint density at radius 2 is 1.23 bits per heavy atom. The fraction of sp³-hybridized carbons (Fsp3) is 0.391. The molecule has 0 saturated heterocycles. The molecule has 2 unspecified atom stereocenters. The van der Waals surface area contributed by atoms with E-state index in [0.29, 0.717) is 5.92 Å². The minimum absolute atomic E-state index is 0.178. The number of allylic oxidation sites excluding steroid dienone is 2. The minimum Gasteiger partial charge on any atom is -0.334 e. The molecule has 252 valence electrons. The van der Waals surface area contributed by atoms with E-state index in [9.17, 15) is 0 Å². The van der Waals surface area contributed by atoms with Crippen LogP contribution in [0, 0.1) is 45.4 Å². The van der Waals surface area contributed by atoms with E-state index in [1.165, 1.54) is 67.4 Å². The Bertz CT molecular complexity index is 1780. The lowest BCUT2D eigenvalue weighted by molar-refractivity contribution is 0.228. The molecule has 0 saturated carbocycles. The van der Waals surface area contributed by atoms with Crippen LogP contribution in [0.2, 0.25) is 0 Å². The van der Waals surface area contributed by atoms with Crippen LogP contribution in [0.4, 0.5) is 28.4 Å². The number of rotatable bonds is 8. The zero-order valence-corrected chi connectivity index (χ0v) is 31.7. The van der Waals surface area contributed by atoms with E-state index in [1.807, 2.05) is 0 Å². The minimum atomic E-state index is 0.178. The molecule has 2 nitrogen and oxygen atoms in total. The molecule has 48 heavy (non-hydrogen) atoms. The van der Waals surface area contributed by atoms with Crippen molar-refractivity contribution in [2.24, 2.45) is 10.8 Å². The third kappa shape index (κ3) is 7.97. The Labute approximate surface area is 292 Å². The van der Waals surface area contributed by atoms with E-state index in [-0.39, 0.29) is 16.9 Å². The first-order valence-electron chi connectivity index (χ1n) is 17.8. The van der Waals surface area contributed by atoms with E-state index in [0.717, 1.165) is 12.8 Å². The molecule has 4 aromatic rings. The highest BCUT2D eigenvalue weighted by molar-refractivity contribution is 5.82. The Kier molecular flexibility index (Phi) is 10.2. The first kappa shape index (κ1) is 35.3. The summed E-state index contributed by atoms with van der Waals surface area (Å²) in [4.78, 5) is 5.01. The van der Waals surface area contributed by atoms with E-state index in [4.69, 9.17) is 0 Å². The van der Waals surface area contributed by atoms with Gasteiger partial charge in [0.25, 0.3) is 0 Å². The molecular formula is C46H58N2. The highest BCUT2D eigenvalue weighted by Gasteiger charge is 2.32. The van der Waals surface area contributed by atoms with Gasteiger partial charge in [0, 0.05) is 28.4 Å². The van der Waals surface area contributed by atoms with Gasteiger partial charge in [-0.2, -0.15) is 0 Å². The second-order valence-electron chi connectivity index (χ2n) is 16.6. The largest absolute Gasteiger partial charge is 0.334 e. The number of anilines is 5. The van der Waals surface area contributed by atoms with Gasteiger partial charge in [0.1, 0.15) is 0 Å². The second kappa shape index (κ2) is 13.8. The van der Waals surface area contributed by atoms with Crippen LogP contribution in [0.3, 0.4) is 0 Å². The van der Waals surface area contributed by atoms with Crippen LogP contribution in [0.25, 0.3) is 0 Å². The molecule has 4 aromatic carbocycles. The zero-order chi connectivity index (χ0) is 35.0. The molecule has 1 aliphatic carbocycles. The fourth-order valence-corrected chi connectivity index (χ4v) is 7.45. The SMILES string of the molecule is CC1=CC(N(c2ccc(C(CC(C)(C)C)C(C)(C)C)c(C)c2)c2cc(C)c(N(c3cccc(C)c3)c3cccc(C)c3)cc2C)CC=C1. The van der Waals surface area contributed by atoms with Crippen LogP contribution >= 0.6 is 0 Å². The quantitative estimate of drug-likeness (QED) is 0.189. The summed E-state index contributed by atoms with van der Waals surface area (Å²) < 4.78 is 0. The monoisotopic (exact) mass is 638 g/mol. The molecule has 0 bridgehead atoms. The highest BCUT2D eigenvalue weighted by atomic mass is 15.2. The third-order valence-corrected chi connectivity index (χ3v) is 9.85. The summed E-state index contributed by atoms with van der Waals surface area (Å²) in [7, 11) is 0. The molecule has 2 atom stereocenters. The Morgan fingerprint density at radius 1 is 0.646 bits per heavy atom. The van der Waals surface area contributed by atoms with E-state index in [1.54, 1.807) is 0 Å². The first-order chi connectivity index (χ1) is 22.5. The summed E-state index contributed by atoms with van der Waals surface area (Å²) in [5, 5.41) is 0. The Hall–Kier alpha value is -4.04. The van der Waals surface area contributed by atoms with E-state index >= 15 is 0 Å². The standard InChI is InChI=1S/C46H58N2/c1-31-16-13-19-37(24-31)47(38-20-14-17-32(2)25-38)43-28-36(6)44(29-35(43)5)48(39-21-15-18-33(3)26-39)40-22-23-41(34(4)27-40)42(46(10,11)12)30-45(7,8)9/h13-20,22-29,39,42H,21,30H2,1-12H3. The molecule has 0 spiro atoms. The number of hydrogen-bond donors (Lipinski definition) is 0. The lowest BCUT2D eigenvalue weighted by Crippen LogP contribution is -2.31. The smallest absolute Gasteiger partial charge is 0.0562 e. The maximum absolute atomic E-state index is 2.59. The van der Waals surface area contributed by atoms with Crippen molar-refractivity contribution in [3.8, 4) is 0 Å². The van der Waals surface area contributed by atoms with Crippen molar-refractivity contribution in [3.05, 3.63) is 136 Å². The third-order valence-electron chi connectivity index (χ3n) is 9.85. The summed E-state index contributed by atoms with van der Waals surface area (Å²) >= 11 is 0. The molecule has 0 fully saturated rings. The average Bonchev–Trinajstić information content (AvgIpc) is 2.98. The van der Waals surface area contributed by atoms with Gasteiger partial charge in [-0.25, -0.2) is 0 Å². The number of nitrogens with zero attached hydrogens (tertiary/aromatic N) is 2. The maximum atomic E-state index is 2.59. The molecule has 0 radical (unpaired) electrons. The molecule has 0 heterocycles. The van der Waals surface area contributed by atoms with Crippen LogP contribution in [0.1, 0.15) is 101 Å². The topological polar surface area (TPSA) is 6.48 Å². The van der Waals surface area contributed by atoms with Crippen molar-refractivity contribution in [1.29, 1.82) is 0 Å². The summed E-state index contributed by atoms with van der Waals surface area (Å²) in [6, 6.07) is 30.0. The summed E-state index contributed by atoms with van der Waals surface area (Å²) in [5.74, 6) is 0.484. The van der Waals surface area contributed by atoms with Gasteiger partial charge in [-0.1, -0.05) is 95.7 Å². The van der Waals surface area contributed by atoms with Gasteiger partial charge in [0.2, 0.25) is 0 Å². The van der Waals surface area contributed by atoms with Crippen LogP contribution in [0.5, 0.6) is 0 Å². The molecule has 1 aliphatic rings. The average molecular weight is 639 g/mol. The summed E-state index contributed by atoms with van der Waals surface area (Å²) in [6.45, 7) is 27.7. The van der Waals surface area contributed by atoms with Gasteiger partial charge in [0.05, 0.1) is 6.04 Å². The second-order valence-corrected chi connectivity index (χ2v) is 16.6. The molecule has 0 N–H and O–H groups in total. The van der Waals surface area contributed by atoms with Crippen LogP contribution < -0.4 is 9.80 Å². The van der Waals surface area contributed by atoms with Gasteiger partial charge in [-0.05, 0) is 153 Å². The lowest BCUT2D eigenvalue weighted by atomic mass is 9.68. The fourth-order valence-electron chi connectivity index (χ4n) is 7.45. The predicted molar refractivity (Wildman–Crippen MR) is 211 cm³/mol. The van der Waals surface area contributed by atoms with Crippen molar-refractivity contribution in [3.63, 3.8) is 0 Å². The molecule has 0 aromatic heterocycles. The molecule has 2 heteroatoms. The van der Waals surface area contributed by atoms with Crippen molar-refractivity contribution in [1.82, 2.24) is 0 Å². The maximum Gasteiger partial charge on any atom is 0.0562 e. The van der Waals surface area contributed by atoms with Crippen molar-refractivity contribution >= 4 is 28.4 Å². The van der Waals surface area contributed by atoms with Crippen LogP contribution in [-0.4, -0.2) is 6.04 Å². The van der Waals surface area contributed by atoms with Crippen LogP contribution in [0.15, 0.2) is 103 Å². The highest BCUT2D eigenvalue weighted by Crippen LogP contribution is 2.46. The zero-order valence-electron chi connectivity index (χ0n) is 31.7. The van der Waals surface area contributed by atoms with Gasteiger partial charge >= 0.3 is 0 Å². The Morgan fingerprint density at radius 3 is 1.75 bits per heavy atom. The predicted octanol–water partition coefficient (Wildman–Crippen LogP) is 13.7.